The van der Waals surface area contributed by atoms with Crippen LogP contribution in [0.4, 0.5) is 0 Å². The highest BCUT2D eigenvalue weighted by atomic mass is 16.4. The number of nitrogens with zero attached hydrogens (tertiary/aromatic N) is 2. The molecule has 8 bridgehead atoms. The number of carboxylic acids is 2. The lowest BCUT2D eigenvalue weighted by Crippen LogP contribution is -2.14. The number of fused-ring (bicyclic) bond motifs is 8. The van der Waals surface area contributed by atoms with E-state index in [1.54, 1.807) is 32.0 Å². The Labute approximate surface area is 264 Å². The molecule has 2 unspecified atom stereocenters. The summed E-state index contributed by atoms with van der Waals surface area (Å²) in [7, 11) is 0. The van der Waals surface area contributed by atoms with Crippen LogP contribution in [0.2, 0.25) is 0 Å². The molecule has 5 rings (SSSR count). The molecule has 0 saturated heterocycles. The number of rotatable bonds is 10. The van der Waals surface area contributed by atoms with Gasteiger partial charge in [0, 0.05) is 46.0 Å². The summed E-state index contributed by atoms with van der Waals surface area (Å²) in [4.78, 5) is 39.5. The Balaban J connectivity index is 1.96. The number of hydrogen-bond donors (Lipinski definition) is 8. The molecule has 0 fully saturated rings. The molecule has 0 radical (unpaired) electrons. The molecular formula is C34H38N4O8. The van der Waals surface area contributed by atoms with Gasteiger partial charge < -0.3 is 40.6 Å². The SMILES string of the molecule is CC1=C(CCC(=O)O)c2cc3[nH]c(cc4nc(cc5[nH]c(cc1n2)c(C(O)CO)c5C)C(C(O)CO)=C4C)c(C)c3CCC(=O)O. The first-order chi connectivity index (χ1) is 21.8. The number of allylic oxidation sites excluding steroid dienone is 3. The number of aromatic nitrogens is 4. The normalized spacial score (nSPS) is 14.6. The van der Waals surface area contributed by atoms with Gasteiger partial charge in [0.2, 0.25) is 0 Å². The monoisotopic (exact) mass is 630 g/mol. The third kappa shape index (κ3) is 6.12. The lowest BCUT2D eigenvalue weighted by Gasteiger charge is -2.10. The van der Waals surface area contributed by atoms with Crippen LogP contribution in [0.1, 0.15) is 84.2 Å². The summed E-state index contributed by atoms with van der Waals surface area (Å²) in [6.07, 6.45) is -2.24. The van der Waals surface area contributed by atoms with Crippen LogP contribution in [0.25, 0.3) is 44.4 Å². The summed E-state index contributed by atoms with van der Waals surface area (Å²) in [6, 6.07) is 7.07. The van der Waals surface area contributed by atoms with E-state index >= 15 is 0 Å². The Morgan fingerprint density at radius 2 is 1.20 bits per heavy atom. The van der Waals surface area contributed by atoms with E-state index in [-0.39, 0.29) is 25.7 Å². The lowest BCUT2D eigenvalue weighted by atomic mass is 9.99. The van der Waals surface area contributed by atoms with E-state index in [2.05, 4.69) is 9.97 Å². The van der Waals surface area contributed by atoms with E-state index in [9.17, 15) is 40.2 Å². The van der Waals surface area contributed by atoms with E-state index < -0.39 is 37.4 Å². The minimum absolute atomic E-state index is 0.110. The van der Waals surface area contributed by atoms with Gasteiger partial charge in [-0.05, 0) is 98.2 Å². The third-order valence-electron chi connectivity index (χ3n) is 8.82. The van der Waals surface area contributed by atoms with Gasteiger partial charge in [-0.25, -0.2) is 9.97 Å². The van der Waals surface area contributed by atoms with E-state index in [0.29, 0.717) is 67.1 Å². The third-order valence-corrected chi connectivity index (χ3v) is 8.82. The average Bonchev–Trinajstić information content (AvgIpc) is 3.67. The number of aryl methyl sites for hydroxylation is 3. The van der Waals surface area contributed by atoms with Crippen molar-refractivity contribution >= 4 is 56.3 Å². The molecule has 0 saturated carbocycles. The van der Waals surface area contributed by atoms with Crippen molar-refractivity contribution in [1.82, 2.24) is 19.9 Å². The first-order valence-corrected chi connectivity index (χ1v) is 15.0. The largest absolute Gasteiger partial charge is 0.481 e. The fourth-order valence-corrected chi connectivity index (χ4v) is 6.28. The van der Waals surface area contributed by atoms with Crippen LogP contribution < -0.4 is 0 Å². The highest BCUT2D eigenvalue weighted by Crippen LogP contribution is 2.37. The van der Waals surface area contributed by atoms with Crippen LogP contribution in [0.5, 0.6) is 0 Å². The second kappa shape index (κ2) is 13.0. The second-order valence-corrected chi connectivity index (χ2v) is 11.7. The second-order valence-electron chi connectivity index (χ2n) is 11.7. The van der Waals surface area contributed by atoms with Crippen LogP contribution in [0.3, 0.4) is 0 Å². The predicted octanol–water partition coefficient (Wildman–Crippen LogP) is 4.05. The van der Waals surface area contributed by atoms with Crippen molar-refractivity contribution in [3.8, 4) is 0 Å². The Morgan fingerprint density at radius 3 is 1.85 bits per heavy atom. The molecule has 3 aromatic heterocycles. The minimum Gasteiger partial charge on any atom is -0.481 e. The fraction of sp³-hybridized carbons (Fsp3) is 0.353. The highest BCUT2D eigenvalue weighted by Gasteiger charge is 2.25. The Hall–Kier alpha value is -4.62. The van der Waals surface area contributed by atoms with Crippen LogP contribution in [-0.2, 0) is 16.0 Å². The fourth-order valence-electron chi connectivity index (χ4n) is 6.28. The number of carbonyl (C=O) groups is 2. The van der Waals surface area contributed by atoms with Crippen LogP contribution in [0.15, 0.2) is 24.3 Å². The number of carboxylic acid groups (broad SMARTS) is 2. The van der Waals surface area contributed by atoms with Crippen LogP contribution in [-0.4, -0.2) is 81.8 Å². The molecule has 2 aliphatic heterocycles. The quantitative estimate of drug-likeness (QED) is 0.161. The van der Waals surface area contributed by atoms with Gasteiger partial charge in [-0.3, -0.25) is 9.59 Å². The molecule has 2 aliphatic rings. The number of H-pyrrole nitrogens is 2. The predicted molar refractivity (Wildman–Crippen MR) is 173 cm³/mol. The number of hydrogen-bond acceptors (Lipinski definition) is 8. The van der Waals surface area contributed by atoms with Crippen molar-refractivity contribution in [3.63, 3.8) is 0 Å². The molecule has 0 spiro atoms. The molecule has 8 N–H and O–H groups in total. The zero-order valence-electron chi connectivity index (χ0n) is 26.1. The summed E-state index contributed by atoms with van der Waals surface area (Å²) in [5.41, 5.74) is 9.52. The van der Waals surface area contributed by atoms with Gasteiger partial charge in [0.25, 0.3) is 0 Å². The number of aliphatic hydroxyl groups excluding tert-OH is 4. The van der Waals surface area contributed by atoms with Crippen molar-refractivity contribution in [2.75, 3.05) is 13.2 Å². The van der Waals surface area contributed by atoms with Crippen LogP contribution in [0, 0.1) is 13.8 Å². The number of aliphatic hydroxyl groups is 4. The number of aromatic amines is 2. The van der Waals surface area contributed by atoms with Gasteiger partial charge in [0.05, 0.1) is 36.0 Å². The number of nitrogens with one attached hydrogen (secondary N) is 2. The Morgan fingerprint density at radius 1 is 0.674 bits per heavy atom. The first kappa shape index (κ1) is 32.8. The zero-order valence-corrected chi connectivity index (χ0v) is 26.1. The minimum atomic E-state index is -1.22. The van der Waals surface area contributed by atoms with E-state index in [1.807, 2.05) is 19.9 Å². The highest BCUT2D eigenvalue weighted by molar-refractivity contribution is 5.96. The summed E-state index contributed by atoms with van der Waals surface area (Å²) < 4.78 is 0. The molecule has 3 aromatic rings. The number of aliphatic carboxylic acids is 2. The standard InChI is InChI=1S/C34H38N4O8/c1-15-19(5-7-31(43)44)25-12-26-20(6-8-32(45)46)16(2)22(36-26)10-27-34(30(42)14-40)18(4)24(38-27)11-28-33(29(41)13-39)17(3)23(37-28)9-21(15)35-25/h9-12,29-30,35,38-42H,5-8,13-14H2,1-4H3,(H,43,44)(H,45,46). The molecule has 242 valence electrons. The molecule has 2 atom stereocenters. The van der Waals surface area contributed by atoms with Gasteiger partial charge in [-0.2, -0.15) is 0 Å². The van der Waals surface area contributed by atoms with E-state index in [1.165, 1.54) is 0 Å². The summed E-state index contributed by atoms with van der Waals surface area (Å²) in [6.45, 7) is 6.24. The van der Waals surface area contributed by atoms with E-state index in [4.69, 9.17) is 9.97 Å². The lowest BCUT2D eigenvalue weighted by molar-refractivity contribution is -0.137. The maximum atomic E-state index is 11.6. The smallest absolute Gasteiger partial charge is 0.303 e. The molecule has 12 nitrogen and oxygen atoms in total. The Bertz CT molecular complexity index is 1970. The summed E-state index contributed by atoms with van der Waals surface area (Å²) in [5.74, 6) is -1.91. The molecule has 5 heterocycles. The molecule has 0 aromatic carbocycles. The van der Waals surface area contributed by atoms with Gasteiger partial charge in [-0.1, -0.05) is 0 Å². The summed E-state index contributed by atoms with van der Waals surface area (Å²) in [5, 5.41) is 60.4. The van der Waals surface area contributed by atoms with Gasteiger partial charge >= 0.3 is 11.9 Å². The maximum absolute atomic E-state index is 11.6. The maximum Gasteiger partial charge on any atom is 0.303 e. The van der Waals surface area contributed by atoms with E-state index in [0.717, 1.165) is 22.3 Å². The summed E-state index contributed by atoms with van der Waals surface area (Å²) >= 11 is 0. The molecular weight excluding hydrogens is 592 g/mol. The van der Waals surface area contributed by atoms with Crippen molar-refractivity contribution in [2.24, 2.45) is 0 Å². The topological polar surface area (TPSA) is 213 Å². The van der Waals surface area contributed by atoms with Gasteiger partial charge in [0.1, 0.15) is 12.2 Å². The van der Waals surface area contributed by atoms with Crippen molar-refractivity contribution < 1.29 is 40.2 Å². The molecule has 12 heteroatoms. The van der Waals surface area contributed by atoms with Crippen molar-refractivity contribution in [2.45, 2.75) is 65.6 Å². The van der Waals surface area contributed by atoms with Crippen molar-refractivity contribution in [1.29, 1.82) is 0 Å². The molecule has 46 heavy (non-hydrogen) atoms. The van der Waals surface area contributed by atoms with Crippen LogP contribution >= 0.6 is 0 Å². The van der Waals surface area contributed by atoms with Gasteiger partial charge in [-0.15, -0.1) is 0 Å². The van der Waals surface area contributed by atoms with Crippen molar-refractivity contribution in [3.05, 3.63) is 69.3 Å². The van der Waals surface area contributed by atoms with Gasteiger partial charge in [0.15, 0.2) is 0 Å². The zero-order chi connectivity index (χ0) is 33.4. The first-order valence-electron chi connectivity index (χ1n) is 15.0. The molecule has 0 aliphatic carbocycles. The average molecular weight is 631 g/mol. The Kier molecular flexibility index (Phi) is 9.27. The molecule has 0 amide bonds.